The summed E-state index contributed by atoms with van der Waals surface area (Å²) >= 11 is 3.25. The lowest BCUT2D eigenvalue weighted by Crippen LogP contribution is -2.26. The average Bonchev–Trinajstić information content (AvgIpc) is 2.47. The Kier molecular flexibility index (Phi) is 5.39. The van der Waals surface area contributed by atoms with Crippen molar-refractivity contribution in [3.8, 4) is 5.75 Å². The standard InChI is InChI=1S/C15H16BrNO3S/c1-20-13-6-4-5-12(11-13)9-10-17-21(18,19)15-8-3-2-7-14(15)16/h2-8,11,17H,9-10H2,1H3. The van der Waals surface area contributed by atoms with Crippen LogP contribution in [0.4, 0.5) is 0 Å². The van der Waals surface area contributed by atoms with Crippen molar-refractivity contribution in [3.05, 3.63) is 58.6 Å². The lowest BCUT2D eigenvalue weighted by atomic mass is 10.1. The SMILES string of the molecule is COc1cccc(CCNS(=O)(=O)c2ccccc2Br)c1. The van der Waals surface area contributed by atoms with E-state index in [2.05, 4.69) is 20.7 Å². The molecule has 0 saturated carbocycles. The van der Waals surface area contributed by atoms with E-state index in [4.69, 9.17) is 4.74 Å². The molecular formula is C15H16BrNO3S. The second-order valence-corrected chi connectivity index (χ2v) is 7.02. The van der Waals surface area contributed by atoms with Crippen molar-refractivity contribution < 1.29 is 13.2 Å². The van der Waals surface area contributed by atoms with Gasteiger partial charge in [-0.15, -0.1) is 0 Å². The third kappa shape index (κ3) is 4.30. The van der Waals surface area contributed by atoms with Crippen LogP contribution < -0.4 is 9.46 Å². The van der Waals surface area contributed by atoms with Gasteiger partial charge < -0.3 is 4.74 Å². The lowest BCUT2D eigenvalue weighted by molar-refractivity contribution is 0.414. The van der Waals surface area contributed by atoms with E-state index in [0.29, 0.717) is 17.4 Å². The summed E-state index contributed by atoms with van der Waals surface area (Å²) in [7, 11) is -1.90. The highest BCUT2D eigenvalue weighted by Crippen LogP contribution is 2.20. The summed E-state index contributed by atoms with van der Waals surface area (Å²) in [6.07, 6.45) is 0.598. The molecule has 2 aromatic carbocycles. The number of hydrogen-bond donors (Lipinski definition) is 1. The van der Waals surface area contributed by atoms with E-state index in [1.165, 1.54) is 0 Å². The van der Waals surface area contributed by atoms with Gasteiger partial charge in [0.15, 0.2) is 0 Å². The lowest BCUT2D eigenvalue weighted by Gasteiger charge is -2.09. The summed E-state index contributed by atoms with van der Waals surface area (Å²) in [5.74, 6) is 0.765. The van der Waals surface area contributed by atoms with Gasteiger partial charge in [-0.25, -0.2) is 13.1 Å². The maximum Gasteiger partial charge on any atom is 0.241 e. The van der Waals surface area contributed by atoms with Gasteiger partial charge in [0, 0.05) is 11.0 Å². The number of rotatable bonds is 6. The zero-order chi connectivity index (χ0) is 15.3. The molecule has 112 valence electrons. The Balaban J connectivity index is 2.01. The second kappa shape index (κ2) is 7.06. The van der Waals surface area contributed by atoms with Crippen molar-refractivity contribution in [3.63, 3.8) is 0 Å². The van der Waals surface area contributed by atoms with Crippen molar-refractivity contribution in [1.29, 1.82) is 0 Å². The molecule has 4 nitrogen and oxygen atoms in total. The van der Waals surface area contributed by atoms with Gasteiger partial charge >= 0.3 is 0 Å². The van der Waals surface area contributed by atoms with Gasteiger partial charge in [0.2, 0.25) is 10.0 Å². The third-order valence-electron chi connectivity index (χ3n) is 2.97. The zero-order valence-corrected chi connectivity index (χ0v) is 13.9. The first kappa shape index (κ1) is 16.0. The van der Waals surface area contributed by atoms with Gasteiger partial charge in [-0.3, -0.25) is 0 Å². The summed E-state index contributed by atoms with van der Waals surface area (Å²) < 4.78 is 32.7. The first-order valence-electron chi connectivity index (χ1n) is 6.40. The molecule has 1 N–H and O–H groups in total. The van der Waals surface area contributed by atoms with E-state index >= 15 is 0 Å². The number of methoxy groups -OCH3 is 1. The summed E-state index contributed by atoms with van der Waals surface area (Å²) in [6, 6.07) is 14.3. The van der Waals surface area contributed by atoms with Crippen LogP contribution in [0.3, 0.4) is 0 Å². The van der Waals surface area contributed by atoms with Crippen LogP contribution in [-0.2, 0) is 16.4 Å². The van der Waals surface area contributed by atoms with Crippen molar-refractivity contribution in [2.24, 2.45) is 0 Å². The minimum atomic E-state index is -3.50. The smallest absolute Gasteiger partial charge is 0.241 e. The molecule has 0 heterocycles. The third-order valence-corrected chi connectivity index (χ3v) is 5.44. The number of halogens is 1. The fourth-order valence-corrected chi connectivity index (χ4v) is 3.93. The molecule has 0 aromatic heterocycles. The first-order valence-corrected chi connectivity index (χ1v) is 8.67. The quantitative estimate of drug-likeness (QED) is 0.851. The molecule has 0 saturated heterocycles. The van der Waals surface area contributed by atoms with Crippen molar-refractivity contribution in [2.45, 2.75) is 11.3 Å². The maximum atomic E-state index is 12.2. The Bertz CT molecular complexity index is 716. The van der Waals surface area contributed by atoms with E-state index in [-0.39, 0.29) is 4.90 Å². The van der Waals surface area contributed by atoms with Crippen molar-refractivity contribution >= 4 is 26.0 Å². The molecule has 2 rings (SSSR count). The van der Waals surface area contributed by atoms with Crippen molar-refractivity contribution in [1.82, 2.24) is 4.72 Å². The van der Waals surface area contributed by atoms with E-state index in [1.807, 2.05) is 24.3 Å². The molecule has 0 aliphatic rings. The molecule has 0 fully saturated rings. The predicted molar refractivity (Wildman–Crippen MR) is 86.0 cm³/mol. The molecule has 21 heavy (non-hydrogen) atoms. The molecule has 0 aliphatic heterocycles. The van der Waals surface area contributed by atoms with Crippen LogP contribution in [0.15, 0.2) is 57.9 Å². The van der Waals surface area contributed by atoms with E-state index < -0.39 is 10.0 Å². The highest BCUT2D eigenvalue weighted by molar-refractivity contribution is 9.10. The highest BCUT2D eigenvalue weighted by atomic mass is 79.9. The van der Waals surface area contributed by atoms with Crippen molar-refractivity contribution in [2.75, 3.05) is 13.7 Å². The average molecular weight is 370 g/mol. The van der Waals surface area contributed by atoms with Gasteiger partial charge in [-0.1, -0.05) is 24.3 Å². The topological polar surface area (TPSA) is 55.4 Å². The Morgan fingerprint density at radius 2 is 1.90 bits per heavy atom. The predicted octanol–water partition coefficient (Wildman–Crippen LogP) is 2.98. The number of ether oxygens (including phenoxy) is 1. The van der Waals surface area contributed by atoms with Crippen LogP contribution >= 0.6 is 15.9 Å². The molecule has 0 atom stereocenters. The van der Waals surface area contributed by atoms with Crippen LogP contribution in [-0.4, -0.2) is 22.1 Å². The largest absolute Gasteiger partial charge is 0.497 e. The van der Waals surface area contributed by atoms with Crippen LogP contribution in [0.2, 0.25) is 0 Å². The molecule has 0 bridgehead atoms. The molecule has 0 radical (unpaired) electrons. The number of nitrogens with one attached hydrogen (secondary N) is 1. The summed E-state index contributed by atoms with van der Waals surface area (Å²) in [4.78, 5) is 0.246. The Hall–Kier alpha value is -1.37. The minimum absolute atomic E-state index is 0.246. The van der Waals surface area contributed by atoms with Gasteiger partial charge in [0.25, 0.3) is 0 Å². The van der Waals surface area contributed by atoms with Gasteiger partial charge in [-0.2, -0.15) is 0 Å². The Labute approximate surface area is 133 Å². The molecular weight excluding hydrogens is 354 g/mol. The van der Waals surface area contributed by atoms with Gasteiger partial charge in [-0.05, 0) is 52.2 Å². The van der Waals surface area contributed by atoms with Crippen LogP contribution in [0, 0.1) is 0 Å². The summed E-state index contributed by atoms with van der Waals surface area (Å²) in [6.45, 7) is 0.330. The molecule has 6 heteroatoms. The molecule has 0 spiro atoms. The van der Waals surface area contributed by atoms with Crippen LogP contribution in [0.5, 0.6) is 5.75 Å². The number of sulfonamides is 1. The molecule has 0 amide bonds. The fourth-order valence-electron chi connectivity index (χ4n) is 1.90. The zero-order valence-electron chi connectivity index (χ0n) is 11.5. The second-order valence-electron chi connectivity index (χ2n) is 4.43. The van der Waals surface area contributed by atoms with E-state index in [1.54, 1.807) is 31.4 Å². The van der Waals surface area contributed by atoms with Crippen LogP contribution in [0.25, 0.3) is 0 Å². The fraction of sp³-hybridized carbons (Fsp3) is 0.200. The normalized spacial score (nSPS) is 11.3. The Morgan fingerprint density at radius 1 is 1.14 bits per heavy atom. The maximum absolute atomic E-state index is 12.2. The number of benzene rings is 2. The highest BCUT2D eigenvalue weighted by Gasteiger charge is 2.16. The van der Waals surface area contributed by atoms with E-state index in [0.717, 1.165) is 11.3 Å². The van der Waals surface area contributed by atoms with E-state index in [9.17, 15) is 8.42 Å². The molecule has 0 unspecified atom stereocenters. The minimum Gasteiger partial charge on any atom is -0.497 e. The Morgan fingerprint density at radius 3 is 2.62 bits per heavy atom. The van der Waals surface area contributed by atoms with Gasteiger partial charge in [0.05, 0.1) is 12.0 Å². The molecule has 2 aromatic rings. The summed E-state index contributed by atoms with van der Waals surface area (Å²) in [5.41, 5.74) is 1.02. The van der Waals surface area contributed by atoms with Gasteiger partial charge in [0.1, 0.15) is 5.75 Å². The summed E-state index contributed by atoms with van der Waals surface area (Å²) in [5, 5.41) is 0. The number of hydrogen-bond acceptors (Lipinski definition) is 3. The van der Waals surface area contributed by atoms with Crippen LogP contribution in [0.1, 0.15) is 5.56 Å². The monoisotopic (exact) mass is 369 g/mol. The molecule has 0 aliphatic carbocycles. The first-order chi connectivity index (χ1) is 10.0.